The highest BCUT2D eigenvalue weighted by Gasteiger charge is 2.13. The largest absolute Gasteiger partial charge is 0.340 e. The molecular formula is C18H15N5O2S. The van der Waals surface area contributed by atoms with Gasteiger partial charge < -0.3 is 4.52 Å². The molecule has 4 rings (SSSR count). The molecule has 130 valence electrons. The zero-order valence-corrected chi connectivity index (χ0v) is 14.8. The van der Waals surface area contributed by atoms with E-state index in [1.807, 2.05) is 30.3 Å². The summed E-state index contributed by atoms with van der Waals surface area (Å²) in [5.41, 5.74) is 1.53. The molecule has 7 nitrogen and oxygen atoms in total. The molecule has 0 radical (unpaired) electrons. The number of benzene rings is 1. The van der Waals surface area contributed by atoms with Crippen molar-refractivity contribution in [2.75, 3.05) is 0 Å². The fourth-order valence-corrected chi connectivity index (χ4v) is 3.44. The van der Waals surface area contributed by atoms with Crippen LogP contribution in [0.3, 0.4) is 0 Å². The van der Waals surface area contributed by atoms with Gasteiger partial charge in [-0.2, -0.15) is 4.98 Å². The number of pyridine rings is 1. The van der Waals surface area contributed by atoms with Gasteiger partial charge in [-0.15, -0.1) is 0 Å². The molecule has 0 fully saturated rings. The first-order valence-corrected chi connectivity index (χ1v) is 9.00. The predicted octanol–water partition coefficient (Wildman–Crippen LogP) is 2.82. The van der Waals surface area contributed by atoms with Crippen LogP contribution in [-0.2, 0) is 12.3 Å². The Morgan fingerprint density at radius 3 is 2.81 bits per heavy atom. The summed E-state index contributed by atoms with van der Waals surface area (Å²) in [5.74, 6) is 1.55. The lowest BCUT2D eigenvalue weighted by atomic mass is 10.2. The molecule has 8 heteroatoms. The number of thioether (sulfide) groups is 1. The Morgan fingerprint density at radius 2 is 2.04 bits per heavy atom. The van der Waals surface area contributed by atoms with E-state index in [1.165, 1.54) is 11.8 Å². The number of nitrogens with zero attached hydrogens (tertiary/aromatic N) is 5. The number of hydrogen-bond donors (Lipinski definition) is 0. The zero-order valence-electron chi connectivity index (χ0n) is 14.0. The van der Waals surface area contributed by atoms with E-state index >= 15 is 0 Å². The zero-order chi connectivity index (χ0) is 17.9. The van der Waals surface area contributed by atoms with Crippen molar-refractivity contribution in [2.24, 2.45) is 0 Å². The van der Waals surface area contributed by atoms with Gasteiger partial charge >= 0.3 is 0 Å². The van der Waals surface area contributed by atoms with Crippen molar-refractivity contribution >= 4 is 22.7 Å². The first-order valence-electron chi connectivity index (χ1n) is 8.01. The van der Waals surface area contributed by atoms with Crippen molar-refractivity contribution in [3.8, 4) is 0 Å². The van der Waals surface area contributed by atoms with E-state index in [0.717, 1.165) is 5.56 Å². The van der Waals surface area contributed by atoms with Crippen LogP contribution in [0.2, 0.25) is 0 Å². The monoisotopic (exact) mass is 365 g/mol. The lowest BCUT2D eigenvalue weighted by molar-refractivity contribution is 0.389. The molecule has 3 heterocycles. The fraction of sp³-hybridized carbons (Fsp3) is 0.167. The van der Waals surface area contributed by atoms with Crippen LogP contribution >= 0.6 is 11.8 Å². The summed E-state index contributed by atoms with van der Waals surface area (Å²) in [6.07, 6.45) is 3.46. The summed E-state index contributed by atoms with van der Waals surface area (Å²) >= 11 is 1.41. The van der Waals surface area contributed by atoms with E-state index in [4.69, 9.17) is 4.52 Å². The molecule has 0 aliphatic heterocycles. The topological polar surface area (TPSA) is 86.7 Å². The Balaban J connectivity index is 1.75. The molecule has 0 amide bonds. The van der Waals surface area contributed by atoms with Gasteiger partial charge in [0, 0.05) is 19.3 Å². The number of aromatic nitrogens is 5. The smallest absolute Gasteiger partial charge is 0.262 e. The van der Waals surface area contributed by atoms with Crippen LogP contribution in [0.4, 0.5) is 0 Å². The average Bonchev–Trinajstić information content (AvgIpc) is 3.09. The third-order valence-electron chi connectivity index (χ3n) is 3.79. The van der Waals surface area contributed by atoms with E-state index in [0.29, 0.717) is 40.1 Å². The molecule has 0 aliphatic carbocycles. The van der Waals surface area contributed by atoms with Gasteiger partial charge in [-0.25, -0.2) is 4.98 Å². The molecule has 4 aromatic rings. The van der Waals surface area contributed by atoms with Crippen molar-refractivity contribution in [1.82, 2.24) is 24.7 Å². The van der Waals surface area contributed by atoms with Crippen molar-refractivity contribution in [1.29, 1.82) is 0 Å². The van der Waals surface area contributed by atoms with Crippen LogP contribution in [0.5, 0.6) is 0 Å². The van der Waals surface area contributed by atoms with E-state index in [1.54, 1.807) is 30.0 Å². The third-order valence-corrected chi connectivity index (χ3v) is 4.76. The van der Waals surface area contributed by atoms with Gasteiger partial charge in [0.1, 0.15) is 0 Å². The van der Waals surface area contributed by atoms with E-state index in [9.17, 15) is 4.79 Å². The summed E-state index contributed by atoms with van der Waals surface area (Å²) in [5, 5.41) is 5.10. The minimum Gasteiger partial charge on any atom is -0.340 e. The van der Waals surface area contributed by atoms with Crippen molar-refractivity contribution in [2.45, 2.75) is 24.4 Å². The van der Waals surface area contributed by atoms with Gasteiger partial charge in [0.15, 0.2) is 11.0 Å². The molecule has 0 N–H and O–H groups in total. The predicted molar refractivity (Wildman–Crippen MR) is 97.9 cm³/mol. The van der Waals surface area contributed by atoms with Gasteiger partial charge in [-0.05, 0) is 23.8 Å². The average molecular weight is 365 g/mol. The summed E-state index contributed by atoms with van der Waals surface area (Å²) in [4.78, 5) is 26.0. The number of hydrogen-bond acceptors (Lipinski definition) is 7. The Bertz CT molecular complexity index is 1110. The first kappa shape index (κ1) is 16.5. The Kier molecular flexibility index (Phi) is 4.49. The molecule has 3 aromatic heterocycles. The quantitative estimate of drug-likeness (QED) is 0.397. The second kappa shape index (κ2) is 7.09. The highest BCUT2D eigenvalue weighted by atomic mass is 32.2. The second-order valence-corrected chi connectivity index (χ2v) is 6.62. The molecule has 0 saturated carbocycles. The van der Waals surface area contributed by atoms with Gasteiger partial charge in [0.25, 0.3) is 5.56 Å². The molecule has 0 bridgehead atoms. The van der Waals surface area contributed by atoms with Crippen LogP contribution in [-0.4, -0.2) is 24.7 Å². The van der Waals surface area contributed by atoms with Crippen LogP contribution in [0, 0.1) is 6.92 Å². The maximum atomic E-state index is 13.0. The fourth-order valence-electron chi connectivity index (χ4n) is 2.60. The van der Waals surface area contributed by atoms with Crippen LogP contribution in [0.15, 0.2) is 63.3 Å². The van der Waals surface area contributed by atoms with Crippen molar-refractivity contribution in [3.63, 3.8) is 0 Å². The Labute approximate surface area is 153 Å². The van der Waals surface area contributed by atoms with Gasteiger partial charge in [-0.1, -0.05) is 35.1 Å². The van der Waals surface area contributed by atoms with Crippen molar-refractivity contribution < 1.29 is 4.52 Å². The maximum absolute atomic E-state index is 13.0. The lowest BCUT2D eigenvalue weighted by Gasteiger charge is -2.12. The molecule has 26 heavy (non-hydrogen) atoms. The summed E-state index contributed by atoms with van der Waals surface area (Å²) in [6.45, 7) is 2.14. The Morgan fingerprint density at radius 1 is 1.15 bits per heavy atom. The molecular weight excluding hydrogens is 350 g/mol. The standard InChI is InChI=1S/C18H15N5O2S/c1-12-20-16(22-25-12)11-26-18-21-15-7-3-2-6-14(15)17(24)23(18)10-13-5-4-8-19-9-13/h2-9H,10-11H2,1H3. The molecule has 0 spiro atoms. The minimum absolute atomic E-state index is 0.0776. The Hall–Kier alpha value is -3.00. The summed E-state index contributed by atoms with van der Waals surface area (Å²) in [6, 6.07) is 11.1. The first-order chi connectivity index (χ1) is 12.7. The minimum atomic E-state index is -0.0776. The summed E-state index contributed by atoms with van der Waals surface area (Å²) in [7, 11) is 0. The highest BCUT2D eigenvalue weighted by Crippen LogP contribution is 2.21. The number of aryl methyl sites for hydroxylation is 1. The van der Waals surface area contributed by atoms with E-state index in [2.05, 4.69) is 20.1 Å². The van der Waals surface area contributed by atoms with Gasteiger partial charge in [0.2, 0.25) is 5.89 Å². The van der Waals surface area contributed by atoms with Crippen LogP contribution in [0.25, 0.3) is 10.9 Å². The van der Waals surface area contributed by atoms with Crippen LogP contribution < -0.4 is 5.56 Å². The lowest BCUT2D eigenvalue weighted by Crippen LogP contribution is -2.24. The SMILES string of the molecule is Cc1nc(CSc2nc3ccccc3c(=O)n2Cc2cccnc2)no1. The normalized spacial score (nSPS) is 11.1. The summed E-state index contributed by atoms with van der Waals surface area (Å²) < 4.78 is 6.66. The van der Waals surface area contributed by atoms with E-state index < -0.39 is 0 Å². The maximum Gasteiger partial charge on any atom is 0.262 e. The highest BCUT2D eigenvalue weighted by molar-refractivity contribution is 7.98. The molecule has 0 atom stereocenters. The molecule has 0 saturated heterocycles. The van der Waals surface area contributed by atoms with Crippen molar-refractivity contribution in [3.05, 3.63) is 76.4 Å². The number of rotatable bonds is 5. The van der Waals surface area contributed by atoms with Crippen LogP contribution in [0.1, 0.15) is 17.3 Å². The van der Waals surface area contributed by atoms with Gasteiger partial charge in [0.05, 0.1) is 23.2 Å². The van der Waals surface area contributed by atoms with Gasteiger partial charge in [-0.3, -0.25) is 14.3 Å². The molecule has 0 unspecified atom stereocenters. The second-order valence-electron chi connectivity index (χ2n) is 5.68. The number of para-hydroxylation sites is 1. The molecule has 1 aromatic carbocycles. The van der Waals surface area contributed by atoms with E-state index in [-0.39, 0.29) is 5.56 Å². The molecule has 0 aliphatic rings. The third kappa shape index (κ3) is 3.36. The number of fused-ring (bicyclic) bond motifs is 1.